The van der Waals surface area contributed by atoms with Crippen LogP contribution in [0.3, 0.4) is 0 Å². The van der Waals surface area contributed by atoms with Crippen molar-refractivity contribution in [3.8, 4) is 0 Å². The molecule has 0 radical (unpaired) electrons. The van der Waals surface area contributed by atoms with Crippen molar-refractivity contribution in [2.24, 2.45) is 11.8 Å². The van der Waals surface area contributed by atoms with Crippen LogP contribution in [0, 0.1) is 12.8 Å². The van der Waals surface area contributed by atoms with E-state index in [9.17, 15) is 0 Å². The van der Waals surface area contributed by atoms with E-state index >= 15 is 0 Å². The molecule has 2 unspecified atom stereocenters. The average Bonchev–Trinajstić information content (AvgIpc) is 2.67. The van der Waals surface area contributed by atoms with Crippen LogP contribution in [0.2, 0.25) is 0 Å². The third-order valence-electron chi connectivity index (χ3n) is 3.21. The van der Waals surface area contributed by atoms with Gasteiger partial charge >= 0.3 is 0 Å². The molecule has 1 aromatic rings. The van der Waals surface area contributed by atoms with Crippen LogP contribution in [-0.4, -0.2) is 9.78 Å². The molecule has 0 aliphatic heterocycles. The summed E-state index contributed by atoms with van der Waals surface area (Å²) in [5.74, 6) is 6.37. The zero-order valence-corrected chi connectivity index (χ0v) is 11.5. The van der Waals surface area contributed by atoms with Crippen molar-refractivity contribution in [3.63, 3.8) is 0 Å². The maximum atomic E-state index is 5.69. The quantitative estimate of drug-likeness (QED) is 0.567. The minimum Gasteiger partial charge on any atom is -0.271 e. The van der Waals surface area contributed by atoms with Crippen molar-refractivity contribution in [3.05, 3.63) is 17.5 Å². The summed E-state index contributed by atoms with van der Waals surface area (Å²) in [6.45, 7) is 9.54. The minimum absolute atomic E-state index is 0.206. The number of aromatic nitrogens is 2. The normalized spacial score (nSPS) is 14.9. The van der Waals surface area contributed by atoms with Crippen LogP contribution >= 0.6 is 0 Å². The monoisotopic (exact) mass is 238 g/mol. The Morgan fingerprint density at radius 2 is 2.18 bits per heavy atom. The Labute approximate surface area is 105 Å². The van der Waals surface area contributed by atoms with Crippen LogP contribution in [0.5, 0.6) is 0 Å². The third-order valence-corrected chi connectivity index (χ3v) is 3.21. The van der Waals surface area contributed by atoms with E-state index in [1.165, 1.54) is 18.5 Å². The Morgan fingerprint density at radius 1 is 1.47 bits per heavy atom. The second-order valence-corrected chi connectivity index (χ2v) is 4.88. The van der Waals surface area contributed by atoms with Gasteiger partial charge in [0.15, 0.2) is 0 Å². The molecule has 0 aliphatic rings. The lowest BCUT2D eigenvalue weighted by Gasteiger charge is -2.20. The van der Waals surface area contributed by atoms with Crippen molar-refractivity contribution >= 4 is 0 Å². The number of nitrogens with two attached hydrogens (primary N) is 1. The molecule has 0 aliphatic carbocycles. The Bertz CT molecular complexity index is 332. The molecule has 0 saturated heterocycles. The summed E-state index contributed by atoms with van der Waals surface area (Å²) in [7, 11) is 0. The fourth-order valence-corrected chi connectivity index (χ4v) is 2.39. The molecular formula is C13H26N4. The summed E-state index contributed by atoms with van der Waals surface area (Å²) in [4.78, 5) is 0. The lowest BCUT2D eigenvalue weighted by atomic mass is 9.96. The molecule has 1 rings (SSSR count). The number of hydrazine groups is 1. The number of aryl methyl sites for hydroxylation is 2. The maximum Gasteiger partial charge on any atom is 0.0631 e. The largest absolute Gasteiger partial charge is 0.271 e. The van der Waals surface area contributed by atoms with E-state index < -0.39 is 0 Å². The summed E-state index contributed by atoms with van der Waals surface area (Å²) >= 11 is 0. The molecule has 1 heterocycles. The molecule has 4 nitrogen and oxygen atoms in total. The van der Waals surface area contributed by atoms with Gasteiger partial charge in [-0.1, -0.05) is 26.7 Å². The molecule has 17 heavy (non-hydrogen) atoms. The number of nitrogens with zero attached hydrogens (tertiary/aromatic N) is 2. The van der Waals surface area contributed by atoms with E-state index in [0.717, 1.165) is 18.7 Å². The topological polar surface area (TPSA) is 55.9 Å². The molecule has 0 saturated carbocycles. The fraction of sp³-hybridized carbons (Fsp3) is 0.769. The van der Waals surface area contributed by atoms with Gasteiger partial charge in [-0.25, -0.2) is 0 Å². The second-order valence-electron chi connectivity index (χ2n) is 4.88. The third kappa shape index (κ3) is 3.82. The number of hydrogen-bond acceptors (Lipinski definition) is 3. The second kappa shape index (κ2) is 6.77. The van der Waals surface area contributed by atoms with Gasteiger partial charge in [-0.3, -0.25) is 16.0 Å². The van der Waals surface area contributed by atoms with E-state index in [-0.39, 0.29) is 6.04 Å². The van der Waals surface area contributed by atoms with E-state index in [1.54, 1.807) is 0 Å². The van der Waals surface area contributed by atoms with Crippen molar-refractivity contribution in [2.45, 2.75) is 59.5 Å². The first-order valence-electron chi connectivity index (χ1n) is 6.62. The van der Waals surface area contributed by atoms with Gasteiger partial charge in [0.25, 0.3) is 0 Å². The van der Waals surface area contributed by atoms with Crippen LogP contribution in [-0.2, 0) is 6.54 Å². The van der Waals surface area contributed by atoms with Crippen LogP contribution in [0.15, 0.2) is 6.07 Å². The number of nitrogens with one attached hydrogen (secondary N) is 1. The van der Waals surface area contributed by atoms with Crippen LogP contribution in [0.1, 0.15) is 57.5 Å². The lowest BCUT2D eigenvalue weighted by molar-refractivity contribution is 0.376. The van der Waals surface area contributed by atoms with Gasteiger partial charge in [-0.15, -0.1) is 0 Å². The zero-order valence-electron chi connectivity index (χ0n) is 11.5. The van der Waals surface area contributed by atoms with Crippen LogP contribution < -0.4 is 11.3 Å². The first kappa shape index (κ1) is 14.2. The molecule has 98 valence electrons. The Hall–Kier alpha value is -0.870. The van der Waals surface area contributed by atoms with E-state index in [2.05, 4.69) is 37.4 Å². The summed E-state index contributed by atoms with van der Waals surface area (Å²) in [5, 5.41) is 4.47. The van der Waals surface area contributed by atoms with Gasteiger partial charge < -0.3 is 0 Å². The predicted molar refractivity (Wildman–Crippen MR) is 71.4 cm³/mol. The van der Waals surface area contributed by atoms with Crippen molar-refractivity contribution < 1.29 is 0 Å². The zero-order chi connectivity index (χ0) is 12.8. The van der Waals surface area contributed by atoms with Crippen molar-refractivity contribution in [1.82, 2.24) is 15.2 Å². The lowest BCUT2D eigenvalue weighted by Crippen LogP contribution is -2.31. The van der Waals surface area contributed by atoms with E-state index in [0.29, 0.717) is 5.92 Å². The summed E-state index contributed by atoms with van der Waals surface area (Å²) in [5.41, 5.74) is 5.20. The Morgan fingerprint density at radius 3 is 2.71 bits per heavy atom. The van der Waals surface area contributed by atoms with Gasteiger partial charge in [0.1, 0.15) is 0 Å². The molecule has 1 aromatic heterocycles. The smallest absolute Gasteiger partial charge is 0.0631 e. The SMILES string of the molecule is CCCC(C)CC(NN)c1cc(C)nn1CC. The summed E-state index contributed by atoms with van der Waals surface area (Å²) in [6.07, 6.45) is 3.54. The molecule has 0 bridgehead atoms. The maximum absolute atomic E-state index is 5.69. The molecule has 0 spiro atoms. The highest BCUT2D eigenvalue weighted by atomic mass is 15.3. The molecule has 3 N–H and O–H groups in total. The first-order chi connectivity index (χ1) is 8.12. The summed E-state index contributed by atoms with van der Waals surface area (Å²) in [6, 6.07) is 2.34. The fourth-order valence-electron chi connectivity index (χ4n) is 2.39. The van der Waals surface area contributed by atoms with E-state index in [1.807, 2.05) is 11.6 Å². The van der Waals surface area contributed by atoms with Crippen LogP contribution in [0.25, 0.3) is 0 Å². The van der Waals surface area contributed by atoms with Gasteiger partial charge in [-0.2, -0.15) is 5.10 Å². The average molecular weight is 238 g/mol. The predicted octanol–water partition coefficient (Wildman–Crippen LogP) is 2.54. The Balaban J connectivity index is 2.78. The van der Waals surface area contributed by atoms with Crippen molar-refractivity contribution in [2.75, 3.05) is 0 Å². The molecular weight excluding hydrogens is 212 g/mol. The number of rotatable bonds is 7. The highest BCUT2D eigenvalue weighted by Gasteiger charge is 2.18. The van der Waals surface area contributed by atoms with Gasteiger partial charge in [0, 0.05) is 6.54 Å². The first-order valence-corrected chi connectivity index (χ1v) is 6.62. The standard InChI is InChI=1S/C13H26N4/c1-5-7-10(3)8-12(15-14)13-9-11(4)16-17(13)6-2/h9-10,12,15H,5-8,14H2,1-4H3. The molecule has 0 aromatic carbocycles. The summed E-state index contributed by atoms with van der Waals surface area (Å²) < 4.78 is 2.04. The van der Waals surface area contributed by atoms with E-state index in [4.69, 9.17) is 5.84 Å². The molecule has 2 atom stereocenters. The molecule has 4 heteroatoms. The molecule has 0 fully saturated rings. The molecule has 0 amide bonds. The van der Waals surface area contributed by atoms with Gasteiger partial charge in [-0.05, 0) is 32.3 Å². The van der Waals surface area contributed by atoms with Gasteiger partial charge in [0.05, 0.1) is 17.4 Å². The van der Waals surface area contributed by atoms with Gasteiger partial charge in [0.2, 0.25) is 0 Å². The Kier molecular flexibility index (Phi) is 5.65. The van der Waals surface area contributed by atoms with Crippen LogP contribution in [0.4, 0.5) is 0 Å². The highest BCUT2D eigenvalue weighted by molar-refractivity contribution is 5.13. The van der Waals surface area contributed by atoms with Crippen molar-refractivity contribution in [1.29, 1.82) is 0 Å². The highest BCUT2D eigenvalue weighted by Crippen LogP contribution is 2.23. The number of hydrogen-bond donors (Lipinski definition) is 2. The minimum atomic E-state index is 0.206.